The van der Waals surface area contributed by atoms with Crippen LogP contribution in [-0.4, -0.2) is 46.0 Å². The first kappa shape index (κ1) is 14.3. The number of thioether (sulfide) groups is 1. The predicted octanol–water partition coefficient (Wildman–Crippen LogP) is 1.63. The first-order valence-electron chi connectivity index (χ1n) is 5.72. The molecule has 8 heteroatoms. The molecule has 6 nitrogen and oxygen atoms in total. The van der Waals surface area contributed by atoms with E-state index in [-0.39, 0.29) is 23.0 Å². The summed E-state index contributed by atoms with van der Waals surface area (Å²) in [6.07, 6.45) is 0. The summed E-state index contributed by atoms with van der Waals surface area (Å²) in [6.45, 7) is 0.337. The fourth-order valence-corrected chi connectivity index (χ4v) is 2.51. The van der Waals surface area contributed by atoms with Gasteiger partial charge in [-0.1, -0.05) is 11.8 Å². The van der Waals surface area contributed by atoms with Crippen molar-refractivity contribution < 1.29 is 23.9 Å². The topological polar surface area (TPSA) is 86.7 Å². The van der Waals surface area contributed by atoms with Gasteiger partial charge in [-0.2, -0.15) is 0 Å². The number of rotatable bonds is 4. The highest BCUT2D eigenvalue weighted by molar-refractivity contribution is 8.13. The molecule has 1 aromatic rings. The summed E-state index contributed by atoms with van der Waals surface area (Å²) in [4.78, 5) is 35.0. The minimum absolute atomic E-state index is 0.112. The number of hydrogen-bond donors (Lipinski definition) is 2. The quantitative estimate of drug-likeness (QED) is 0.882. The largest absolute Gasteiger partial charge is 0.478 e. The molecule has 0 unspecified atom stereocenters. The number of benzene rings is 1. The normalized spacial score (nSPS) is 14.4. The van der Waals surface area contributed by atoms with Crippen LogP contribution in [0.25, 0.3) is 0 Å². The Kier molecular flexibility index (Phi) is 4.23. The van der Waals surface area contributed by atoms with Crippen LogP contribution in [0.3, 0.4) is 0 Å². The molecule has 20 heavy (non-hydrogen) atoms. The molecule has 1 aromatic carbocycles. The highest BCUT2D eigenvalue weighted by Crippen LogP contribution is 2.18. The van der Waals surface area contributed by atoms with E-state index in [2.05, 4.69) is 5.32 Å². The number of carbonyl (C=O) groups excluding carboxylic acids is 2. The van der Waals surface area contributed by atoms with Gasteiger partial charge in [-0.05, 0) is 18.2 Å². The maximum Gasteiger partial charge on any atom is 0.335 e. The number of nitrogens with one attached hydrogen (secondary N) is 1. The molecule has 2 amide bonds. The number of hydrogen-bond acceptors (Lipinski definition) is 4. The zero-order chi connectivity index (χ0) is 14.7. The highest BCUT2D eigenvalue weighted by atomic mass is 32.2. The molecule has 0 radical (unpaired) electrons. The van der Waals surface area contributed by atoms with Crippen molar-refractivity contribution >= 4 is 34.6 Å². The van der Waals surface area contributed by atoms with Crippen LogP contribution in [-0.2, 0) is 4.79 Å². The fraction of sp³-hybridized carbons (Fsp3) is 0.250. The number of amides is 2. The SMILES string of the molecule is O=C(CN1CCSC1=O)Nc1ccc(C(=O)O)cc1F. The number of aromatic carboxylic acids is 1. The van der Waals surface area contributed by atoms with E-state index in [9.17, 15) is 18.8 Å². The Labute approximate surface area is 117 Å². The van der Waals surface area contributed by atoms with E-state index in [0.29, 0.717) is 12.3 Å². The maximum absolute atomic E-state index is 13.6. The Hall–Kier alpha value is -2.09. The van der Waals surface area contributed by atoms with Crippen LogP contribution in [0.5, 0.6) is 0 Å². The van der Waals surface area contributed by atoms with Gasteiger partial charge in [-0.15, -0.1) is 0 Å². The first-order chi connectivity index (χ1) is 9.47. The molecule has 1 fully saturated rings. The lowest BCUT2D eigenvalue weighted by Gasteiger charge is -2.14. The molecule has 0 bridgehead atoms. The predicted molar refractivity (Wildman–Crippen MR) is 71.4 cm³/mol. The number of nitrogens with zero attached hydrogens (tertiary/aromatic N) is 1. The van der Waals surface area contributed by atoms with Crippen molar-refractivity contribution in [3.63, 3.8) is 0 Å². The molecule has 1 aliphatic heterocycles. The molecule has 106 valence electrons. The molecule has 0 saturated carbocycles. The Morgan fingerprint density at radius 3 is 2.75 bits per heavy atom. The third-order valence-electron chi connectivity index (χ3n) is 2.67. The van der Waals surface area contributed by atoms with E-state index < -0.39 is 17.7 Å². The average molecular weight is 298 g/mol. The molecule has 0 atom stereocenters. The standard InChI is InChI=1S/C12H11FN2O4S/c13-8-5-7(11(17)18)1-2-9(8)14-10(16)6-15-3-4-20-12(15)19/h1-2,5H,3-4,6H2,(H,14,16)(H,17,18). The molecular formula is C12H11FN2O4S. The van der Waals surface area contributed by atoms with Crippen LogP contribution in [0.1, 0.15) is 10.4 Å². The summed E-state index contributed by atoms with van der Waals surface area (Å²) in [5.41, 5.74) is -0.314. The Balaban J connectivity index is 2.00. The van der Waals surface area contributed by atoms with E-state index in [4.69, 9.17) is 5.11 Å². The lowest BCUT2D eigenvalue weighted by molar-refractivity contribution is -0.116. The molecule has 2 N–H and O–H groups in total. The van der Waals surface area contributed by atoms with E-state index in [1.807, 2.05) is 0 Å². The number of carboxylic acid groups (broad SMARTS) is 1. The van der Waals surface area contributed by atoms with Crippen molar-refractivity contribution in [1.29, 1.82) is 0 Å². The monoisotopic (exact) mass is 298 g/mol. The lowest BCUT2D eigenvalue weighted by atomic mass is 10.2. The Morgan fingerprint density at radius 1 is 1.45 bits per heavy atom. The van der Waals surface area contributed by atoms with E-state index in [1.165, 1.54) is 17.0 Å². The van der Waals surface area contributed by atoms with E-state index in [1.54, 1.807) is 0 Å². The maximum atomic E-state index is 13.6. The summed E-state index contributed by atoms with van der Waals surface area (Å²) in [5.74, 6) is -1.97. The average Bonchev–Trinajstić information content (AvgIpc) is 2.77. The van der Waals surface area contributed by atoms with Gasteiger partial charge in [0.1, 0.15) is 12.4 Å². The van der Waals surface area contributed by atoms with Gasteiger partial charge in [-0.25, -0.2) is 9.18 Å². The van der Waals surface area contributed by atoms with Gasteiger partial charge in [0.15, 0.2) is 0 Å². The number of carbonyl (C=O) groups is 3. The van der Waals surface area contributed by atoms with Gasteiger partial charge in [-0.3, -0.25) is 9.59 Å². The van der Waals surface area contributed by atoms with Crippen molar-refractivity contribution in [1.82, 2.24) is 4.90 Å². The van der Waals surface area contributed by atoms with Gasteiger partial charge >= 0.3 is 5.97 Å². The molecule has 1 aliphatic rings. The smallest absolute Gasteiger partial charge is 0.335 e. The zero-order valence-corrected chi connectivity index (χ0v) is 11.1. The summed E-state index contributed by atoms with van der Waals surface area (Å²) in [6, 6.07) is 3.20. The van der Waals surface area contributed by atoms with Crippen LogP contribution in [0.15, 0.2) is 18.2 Å². The van der Waals surface area contributed by atoms with Gasteiger partial charge in [0.05, 0.1) is 11.3 Å². The zero-order valence-electron chi connectivity index (χ0n) is 10.3. The van der Waals surface area contributed by atoms with Crippen molar-refractivity contribution in [2.75, 3.05) is 24.2 Å². The van der Waals surface area contributed by atoms with Crippen molar-refractivity contribution in [2.24, 2.45) is 0 Å². The third-order valence-corrected chi connectivity index (χ3v) is 3.56. The fourth-order valence-electron chi connectivity index (χ4n) is 1.68. The molecule has 0 spiro atoms. The summed E-state index contributed by atoms with van der Waals surface area (Å²) in [7, 11) is 0. The first-order valence-corrected chi connectivity index (χ1v) is 6.70. The molecule has 2 rings (SSSR count). The van der Waals surface area contributed by atoms with Crippen molar-refractivity contribution in [2.45, 2.75) is 0 Å². The molecule has 0 aliphatic carbocycles. The minimum atomic E-state index is -1.25. The van der Waals surface area contributed by atoms with Crippen LogP contribution in [0.4, 0.5) is 14.9 Å². The molecule has 1 heterocycles. The molecule has 1 saturated heterocycles. The minimum Gasteiger partial charge on any atom is -0.478 e. The van der Waals surface area contributed by atoms with Crippen molar-refractivity contribution in [3.05, 3.63) is 29.6 Å². The number of halogens is 1. The summed E-state index contributed by atoms with van der Waals surface area (Å²) < 4.78 is 13.6. The third kappa shape index (κ3) is 3.27. The van der Waals surface area contributed by atoms with Crippen LogP contribution < -0.4 is 5.32 Å². The number of anilines is 1. The van der Waals surface area contributed by atoms with Gasteiger partial charge in [0, 0.05) is 12.3 Å². The molecule has 0 aromatic heterocycles. The summed E-state index contributed by atoms with van der Waals surface area (Å²) >= 11 is 1.13. The van der Waals surface area contributed by atoms with Crippen LogP contribution in [0.2, 0.25) is 0 Å². The second-order valence-corrected chi connectivity index (χ2v) is 5.13. The van der Waals surface area contributed by atoms with Gasteiger partial charge < -0.3 is 15.3 Å². The van der Waals surface area contributed by atoms with E-state index >= 15 is 0 Å². The second kappa shape index (κ2) is 5.91. The molecular weight excluding hydrogens is 287 g/mol. The summed E-state index contributed by atoms with van der Waals surface area (Å²) in [5, 5.41) is 10.8. The van der Waals surface area contributed by atoms with E-state index in [0.717, 1.165) is 17.8 Å². The Morgan fingerprint density at radius 2 is 2.20 bits per heavy atom. The van der Waals surface area contributed by atoms with Gasteiger partial charge in [0.2, 0.25) is 5.91 Å². The van der Waals surface area contributed by atoms with Crippen LogP contribution in [0, 0.1) is 5.82 Å². The number of carboxylic acids is 1. The van der Waals surface area contributed by atoms with Crippen LogP contribution >= 0.6 is 11.8 Å². The van der Waals surface area contributed by atoms with Crippen molar-refractivity contribution in [3.8, 4) is 0 Å². The van der Waals surface area contributed by atoms with Gasteiger partial charge in [0.25, 0.3) is 5.24 Å². The Bertz CT molecular complexity index is 579. The second-order valence-electron chi connectivity index (χ2n) is 4.08. The highest BCUT2D eigenvalue weighted by Gasteiger charge is 2.23. The lowest BCUT2D eigenvalue weighted by Crippen LogP contribution is -2.33.